The molecule has 0 saturated carbocycles. The van der Waals surface area contributed by atoms with E-state index in [4.69, 9.17) is 4.42 Å². The van der Waals surface area contributed by atoms with Gasteiger partial charge < -0.3 is 14.6 Å². The van der Waals surface area contributed by atoms with E-state index in [1.807, 2.05) is 13.8 Å². The molecule has 0 aromatic carbocycles. The third-order valence-corrected chi connectivity index (χ3v) is 3.20. The van der Waals surface area contributed by atoms with E-state index in [0.717, 1.165) is 4.68 Å². The van der Waals surface area contributed by atoms with Gasteiger partial charge >= 0.3 is 5.76 Å². The molecule has 1 atom stereocenters. The molecule has 2 rings (SSSR count). The van der Waals surface area contributed by atoms with Gasteiger partial charge in [0.25, 0.3) is 0 Å². The molecule has 1 fully saturated rings. The van der Waals surface area contributed by atoms with Gasteiger partial charge in [0.2, 0.25) is 17.7 Å². The number of hydrogen-bond acceptors (Lipinski definition) is 5. The summed E-state index contributed by atoms with van der Waals surface area (Å²) in [4.78, 5) is 37.1. The Morgan fingerprint density at radius 3 is 2.75 bits per heavy atom. The number of hydrogen-bond donors (Lipinski definition) is 1. The van der Waals surface area contributed by atoms with E-state index in [-0.39, 0.29) is 30.2 Å². The first-order valence-electron chi connectivity index (χ1n) is 6.52. The number of nitrogens with one attached hydrogen (secondary N) is 1. The lowest BCUT2D eigenvalue weighted by Gasteiger charge is -2.37. The number of amides is 2. The van der Waals surface area contributed by atoms with Crippen LogP contribution >= 0.6 is 0 Å². The highest BCUT2D eigenvalue weighted by molar-refractivity contribution is 5.88. The van der Waals surface area contributed by atoms with E-state index in [9.17, 15) is 14.4 Å². The van der Waals surface area contributed by atoms with Crippen molar-refractivity contribution in [2.24, 2.45) is 5.92 Å². The van der Waals surface area contributed by atoms with E-state index >= 15 is 0 Å². The normalized spacial score (nSPS) is 19.3. The summed E-state index contributed by atoms with van der Waals surface area (Å²) in [5.41, 5.74) is 0. The largest absolute Gasteiger partial charge is 0.437 e. The fraction of sp³-hybridized carbons (Fsp3) is 0.667. The third kappa shape index (κ3) is 2.73. The van der Waals surface area contributed by atoms with Crippen LogP contribution in [-0.2, 0) is 16.1 Å². The number of carbonyl (C=O) groups excluding carboxylic acids is 2. The summed E-state index contributed by atoms with van der Waals surface area (Å²) in [7, 11) is 0. The van der Waals surface area contributed by atoms with E-state index in [0.29, 0.717) is 13.1 Å². The minimum Gasteiger partial charge on any atom is -0.393 e. The zero-order valence-corrected chi connectivity index (χ0v) is 11.8. The number of nitrogens with zero attached hydrogens (tertiary/aromatic N) is 3. The molecular weight excluding hydrogens is 264 g/mol. The minimum absolute atomic E-state index is 0.00461. The molecule has 20 heavy (non-hydrogen) atoms. The van der Waals surface area contributed by atoms with Crippen LogP contribution in [0.1, 0.15) is 19.7 Å². The Labute approximate surface area is 115 Å². The van der Waals surface area contributed by atoms with Crippen molar-refractivity contribution in [3.8, 4) is 0 Å². The Bertz CT molecular complexity index is 574. The zero-order chi connectivity index (χ0) is 14.9. The van der Waals surface area contributed by atoms with Gasteiger partial charge in [0.1, 0.15) is 12.6 Å². The van der Waals surface area contributed by atoms with Crippen molar-refractivity contribution in [2.45, 2.75) is 33.4 Å². The molecule has 2 amide bonds. The fourth-order valence-corrected chi connectivity index (χ4v) is 2.36. The number of aryl methyl sites for hydroxylation is 1. The first kappa shape index (κ1) is 14.3. The Balaban J connectivity index is 2.16. The van der Waals surface area contributed by atoms with E-state index in [1.54, 1.807) is 0 Å². The second kappa shape index (κ2) is 5.48. The lowest BCUT2D eigenvalue weighted by atomic mass is 9.99. The summed E-state index contributed by atoms with van der Waals surface area (Å²) in [6.07, 6.45) is 0. The molecule has 110 valence electrons. The van der Waals surface area contributed by atoms with Crippen molar-refractivity contribution >= 4 is 11.8 Å². The van der Waals surface area contributed by atoms with Gasteiger partial charge in [-0.15, -0.1) is 5.10 Å². The SMILES string of the molecule is Cc1nn(CC(=O)N2CCNC(=O)C2C(C)C)c(=O)o1. The lowest BCUT2D eigenvalue weighted by molar-refractivity contribution is -0.145. The molecule has 0 spiro atoms. The molecule has 2 heterocycles. The molecule has 8 nitrogen and oxygen atoms in total. The van der Waals surface area contributed by atoms with Gasteiger partial charge in [-0.2, -0.15) is 4.68 Å². The Kier molecular flexibility index (Phi) is 3.91. The highest BCUT2D eigenvalue weighted by Crippen LogP contribution is 2.14. The topological polar surface area (TPSA) is 97.4 Å². The molecule has 1 aromatic rings. The second-order valence-electron chi connectivity index (χ2n) is 5.11. The number of rotatable bonds is 3. The average Bonchev–Trinajstić information content (AvgIpc) is 2.66. The van der Waals surface area contributed by atoms with Crippen LogP contribution in [0.5, 0.6) is 0 Å². The van der Waals surface area contributed by atoms with Gasteiger partial charge in [0.15, 0.2) is 0 Å². The van der Waals surface area contributed by atoms with Gasteiger partial charge in [-0.05, 0) is 5.92 Å². The molecule has 1 unspecified atom stereocenters. The van der Waals surface area contributed by atoms with Gasteiger partial charge in [-0.3, -0.25) is 9.59 Å². The second-order valence-corrected chi connectivity index (χ2v) is 5.11. The molecule has 1 aromatic heterocycles. The molecular formula is C12H18N4O4. The van der Waals surface area contributed by atoms with E-state index < -0.39 is 11.8 Å². The minimum atomic E-state index is -0.668. The van der Waals surface area contributed by atoms with Crippen molar-refractivity contribution in [1.82, 2.24) is 20.0 Å². The molecule has 1 N–H and O–H groups in total. The molecule has 1 aliphatic rings. The maximum Gasteiger partial charge on any atom is 0.437 e. The predicted octanol–water partition coefficient (Wildman–Crippen LogP) is -0.872. The fourth-order valence-electron chi connectivity index (χ4n) is 2.36. The number of carbonyl (C=O) groups is 2. The molecule has 0 aliphatic carbocycles. The van der Waals surface area contributed by atoms with Crippen LogP contribution in [0.15, 0.2) is 9.21 Å². The first-order chi connectivity index (χ1) is 9.40. The van der Waals surface area contributed by atoms with Gasteiger partial charge in [0, 0.05) is 20.0 Å². The van der Waals surface area contributed by atoms with Gasteiger partial charge in [0.05, 0.1) is 0 Å². The summed E-state index contributed by atoms with van der Waals surface area (Å²) in [5, 5.41) is 6.57. The monoisotopic (exact) mass is 282 g/mol. The summed E-state index contributed by atoms with van der Waals surface area (Å²) >= 11 is 0. The quantitative estimate of drug-likeness (QED) is 0.777. The Hall–Kier alpha value is -2.12. The Morgan fingerprint density at radius 2 is 2.20 bits per heavy atom. The van der Waals surface area contributed by atoms with Crippen LogP contribution in [0.3, 0.4) is 0 Å². The van der Waals surface area contributed by atoms with E-state index in [2.05, 4.69) is 10.4 Å². The van der Waals surface area contributed by atoms with Crippen LogP contribution in [0.2, 0.25) is 0 Å². The first-order valence-corrected chi connectivity index (χ1v) is 6.52. The van der Waals surface area contributed by atoms with Crippen LogP contribution in [0, 0.1) is 12.8 Å². The zero-order valence-electron chi connectivity index (χ0n) is 11.8. The molecule has 8 heteroatoms. The standard InChI is InChI=1S/C12H18N4O4/c1-7(2)10-11(18)13-4-5-15(10)9(17)6-16-12(19)20-8(3)14-16/h7,10H,4-6H2,1-3H3,(H,13,18). The molecule has 0 radical (unpaired) electrons. The highest BCUT2D eigenvalue weighted by atomic mass is 16.4. The predicted molar refractivity (Wildman–Crippen MR) is 68.8 cm³/mol. The summed E-state index contributed by atoms with van der Waals surface area (Å²) in [6, 6.07) is -0.514. The number of piperazine rings is 1. The summed E-state index contributed by atoms with van der Waals surface area (Å²) in [6.45, 7) is 5.92. The van der Waals surface area contributed by atoms with Crippen molar-refractivity contribution < 1.29 is 14.0 Å². The average molecular weight is 282 g/mol. The van der Waals surface area contributed by atoms with Crippen molar-refractivity contribution in [3.63, 3.8) is 0 Å². The van der Waals surface area contributed by atoms with Crippen LogP contribution in [0.25, 0.3) is 0 Å². The van der Waals surface area contributed by atoms with Crippen molar-refractivity contribution in [1.29, 1.82) is 0 Å². The van der Waals surface area contributed by atoms with Crippen LogP contribution < -0.4 is 11.1 Å². The summed E-state index contributed by atoms with van der Waals surface area (Å²) < 4.78 is 5.72. The van der Waals surface area contributed by atoms with Gasteiger partial charge in [-0.1, -0.05) is 13.8 Å². The Morgan fingerprint density at radius 1 is 1.50 bits per heavy atom. The number of aromatic nitrogens is 2. The van der Waals surface area contributed by atoms with Crippen LogP contribution in [0.4, 0.5) is 0 Å². The van der Waals surface area contributed by atoms with Crippen molar-refractivity contribution in [3.05, 3.63) is 16.4 Å². The maximum absolute atomic E-state index is 12.3. The molecule has 1 aliphatic heterocycles. The smallest absolute Gasteiger partial charge is 0.393 e. The third-order valence-electron chi connectivity index (χ3n) is 3.20. The van der Waals surface area contributed by atoms with Gasteiger partial charge in [-0.25, -0.2) is 4.79 Å². The maximum atomic E-state index is 12.3. The highest BCUT2D eigenvalue weighted by Gasteiger charge is 2.35. The summed E-state index contributed by atoms with van der Waals surface area (Å²) in [5.74, 6) is -0.940. The van der Waals surface area contributed by atoms with Crippen LogP contribution in [-0.4, -0.2) is 45.6 Å². The lowest BCUT2D eigenvalue weighted by Crippen LogP contribution is -2.59. The van der Waals surface area contributed by atoms with E-state index in [1.165, 1.54) is 11.8 Å². The van der Waals surface area contributed by atoms with Crippen molar-refractivity contribution in [2.75, 3.05) is 13.1 Å². The molecule has 1 saturated heterocycles. The molecule has 0 bridgehead atoms.